The smallest absolute Gasteiger partial charge is 0.348 e. The zero-order valence-electron chi connectivity index (χ0n) is 10.9. The molecule has 7 nitrogen and oxygen atoms in total. The molecule has 21 heavy (non-hydrogen) atoms. The Morgan fingerprint density at radius 1 is 1.48 bits per heavy atom. The Morgan fingerprint density at radius 3 is 2.95 bits per heavy atom. The molecule has 2 aromatic rings. The van der Waals surface area contributed by atoms with Crippen LogP contribution in [0.15, 0.2) is 40.2 Å². The Labute approximate surface area is 123 Å². The van der Waals surface area contributed by atoms with Crippen LogP contribution in [0, 0.1) is 0 Å². The van der Waals surface area contributed by atoms with Gasteiger partial charge in [-0.15, -0.1) is 0 Å². The minimum Gasteiger partial charge on any atom is -0.507 e. The number of aromatic hydroxyl groups is 1. The van der Waals surface area contributed by atoms with Crippen LogP contribution in [0.3, 0.4) is 0 Å². The van der Waals surface area contributed by atoms with E-state index < -0.39 is 11.5 Å². The zero-order valence-corrected chi connectivity index (χ0v) is 11.8. The number of nitrogens with one attached hydrogen (secondary N) is 1. The maximum atomic E-state index is 11.4. The van der Waals surface area contributed by atoms with Gasteiger partial charge in [0.2, 0.25) is 5.13 Å². The Morgan fingerprint density at radius 2 is 2.24 bits per heavy atom. The predicted molar refractivity (Wildman–Crippen MR) is 79.0 cm³/mol. The van der Waals surface area contributed by atoms with E-state index in [1.54, 1.807) is 18.2 Å². The van der Waals surface area contributed by atoms with Crippen molar-refractivity contribution in [2.45, 2.75) is 0 Å². The highest BCUT2D eigenvalue weighted by atomic mass is 32.1. The number of hydrazone groups is 1. The van der Waals surface area contributed by atoms with Gasteiger partial charge in [0, 0.05) is 11.6 Å². The minimum absolute atomic E-state index is 0.0764. The average molecular weight is 305 g/mol. The summed E-state index contributed by atoms with van der Waals surface area (Å²) in [6.07, 6.45) is 1.37. The predicted octanol–water partition coefficient (Wildman–Crippen LogP) is 1.44. The Bertz CT molecular complexity index is 742. The molecule has 1 aromatic heterocycles. The van der Waals surface area contributed by atoms with Crippen molar-refractivity contribution in [3.05, 3.63) is 51.1 Å². The molecule has 1 aromatic carbocycles. The fourth-order valence-corrected chi connectivity index (χ4v) is 2.17. The number of esters is 1. The van der Waals surface area contributed by atoms with E-state index in [1.165, 1.54) is 19.4 Å². The number of rotatable bonds is 4. The third kappa shape index (κ3) is 3.86. The second kappa shape index (κ2) is 6.62. The quantitative estimate of drug-likeness (QED) is 0.503. The van der Waals surface area contributed by atoms with Crippen molar-refractivity contribution in [2.24, 2.45) is 5.10 Å². The molecule has 0 saturated heterocycles. The van der Waals surface area contributed by atoms with E-state index in [0.29, 0.717) is 5.56 Å². The number of hydrogen-bond donors (Lipinski definition) is 2. The first-order chi connectivity index (χ1) is 10.1. The molecule has 8 heteroatoms. The molecular weight excluding hydrogens is 294 g/mol. The number of ether oxygens (including phenoxy) is 1. The molecule has 0 bridgehead atoms. The Hall–Kier alpha value is -2.74. The van der Waals surface area contributed by atoms with Crippen molar-refractivity contribution in [2.75, 3.05) is 12.5 Å². The molecule has 0 aliphatic heterocycles. The van der Waals surface area contributed by atoms with Gasteiger partial charge < -0.3 is 9.84 Å². The molecule has 0 fully saturated rings. The van der Waals surface area contributed by atoms with Gasteiger partial charge in [0.15, 0.2) is 0 Å². The molecule has 0 unspecified atom stereocenters. The summed E-state index contributed by atoms with van der Waals surface area (Å²) in [7, 11) is 1.23. The Kier molecular flexibility index (Phi) is 4.62. The third-order valence-corrected chi connectivity index (χ3v) is 3.24. The highest BCUT2D eigenvalue weighted by molar-refractivity contribution is 7.17. The minimum atomic E-state index is -0.618. The van der Waals surface area contributed by atoms with E-state index in [-0.39, 0.29) is 15.8 Å². The molecule has 2 N–H and O–H groups in total. The topological polar surface area (TPSA) is 101 Å². The van der Waals surface area contributed by atoms with E-state index in [4.69, 9.17) is 0 Å². The van der Waals surface area contributed by atoms with Crippen LogP contribution >= 0.6 is 11.3 Å². The lowest BCUT2D eigenvalue weighted by Crippen LogP contribution is -2.10. The second-order valence-corrected chi connectivity index (χ2v) is 4.82. The lowest BCUT2D eigenvalue weighted by Gasteiger charge is -2.01. The van der Waals surface area contributed by atoms with Gasteiger partial charge >= 0.3 is 5.97 Å². The first-order valence-corrected chi connectivity index (χ1v) is 6.59. The van der Waals surface area contributed by atoms with Crippen LogP contribution in [-0.2, 0) is 4.74 Å². The number of nitrogens with zero attached hydrogens (tertiary/aromatic N) is 2. The molecule has 0 aliphatic carbocycles. The summed E-state index contributed by atoms with van der Waals surface area (Å²) in [6.45, 7) is 0. The number of para-hydroxylation sites is 1. The summed E-state index contributed by atoms with van der Waals surface area (Å²) in [5.41, 5.74) is 2.47. The number of benzene rings is 1. The molecule has 0 saturated carbocycles. The van der Waals surface area contributed by atoms with Crippen LogP contribution in [0.5, 0.6) is 5.75 Å². The monoisotopic (exact) mass is 305 g/mol. The summed E-state index contributed by atoms with van der Waals surface area (Å²) in [5, 5.41) is 13.6. The Balaban J connectivity index is 2.17. The first-order valence-electron chi connectivity index (χ1n) is 5.77. The highest BCUT2D eigenvalue weighted by Crippen LogP contribution is 2.16. The van der Waals surface area contributed by atoms with Crippen molar-refractivity contribution < 1.29 is 14.6 Å². The fraction of sp³-hybridized carbons (Fsp3) is 0.0769. The second-order valence-electron chi connectivity index (χ2n) is 3.79. The van der Waals surface area contributed by atoms with Gasteiger partial charge in [0.1, 0.15) is 10.6 Å². The molecule has 108 valence electrons. The van der Waals surface area contributed by atoms with Crippen molar-refractivity contribution in [1.29, 1.82) is 0 Å². The van der Waals surface area contributed by atoms with Gasteiger partial charge in [-0.05, 0) is 12.1 Å². The van der Waals surface area contributed by atoms with Crippen LogP contribution in [0.25, 0.3) is 0 Å². The van der Waals surface area contributed by atoms with E-state index in [1.807, 2.05) is 0 Å². The molecule has 0 atom stereocenters. The van der Waals surface area contributed by atoms with E-state index in [9.17, 15) is 14.7 Å². The van der Waals surface area contributed by atoms with Crippen LogP contribution in [0.1, 0.15) is 15.2 Å². The van der Waals surface area contributed by atoms with Crippen LogP contribution < -0.4 is 11.0 Å². The summed E-state index contributed by atoms with van der Waals surface area (Å²) >= 11 is 0.936. The van der Waals surface area contributed by atoms with Gasteiger partial charge in [0.05, 0.1) is 13.3 Å². The molecule has 0 aliphatic rings. The number of carbonyl (C=O) groups is 1. The summed E-state index contributed by atoms with van der Waals surface area (Å²) < 4.78 is 4.54. The number of carbonyl (C=O) groups excluding carboxylic acids is 1. The molecule has 2 rings (SSSR count). The van der Waals surface area contributed by atoms with Crippen molar-refractivity contribution >= 4 is 28.7 Å². The average Bonchev–Trinajstić information content (AvgIpc) is 2.48. The number of aromatic nitrogens is 1. The number of anilines is 1. The maximum Gasteiger partial charge on any atom is 0.348 e. The standard InChI is InChI=1S/C13H11N3O4S/c1-20-12(19)10-6-11(18)15-13(21-10)16-14-7-8-4-2-3-5-9(8)17/h2-7,17H,1H3,(H,15,16,18). The van der Waals surface area contributed by atoms with Gasteiger partial charge in [-0.2, -0.15) is 10.1 Å². The summed E-state index contributed by atoms with van der Waals surface area (Å²) in [5.74, 6) is -0.542. The summed E-state index contributed by atoms with van der Waals surface area (Å²) in [4.78, 5) is 26.5. The van der Waals surface area contributed by atoms with Gasteiger partial charge in [-0.1, -0.05) is 23.5 Å². The summed E-state index contributed by atoms with van der Waals surface area (Å²) in [6, 6.07) is 7.72. The lowest BCUT2D eigenvalue weighted by molar-refractivity contribution is 0.0606. The van der Waals surface area contributed by atoms with E-state index in [2.05, 4.69) is 20.2 Å². The molecular formula is C13H11N3O4S. The molecule has 0 amide bonds. The van der Waals surface area contributed by atoms with E-state index in [0.717, 1.165) is 17.4 Å². The maximum absolute atomic E-state index is 11.4. The van der Waals surface area contributed by atoms with Crippen LogP contribution in [0.2, 0.25) is 0 Å². The van der Waals surface area contributed by atoms with Crippen molar-refractivity contribution in [3.8, 4) is 5.75 Å². The molecule has 0 spiro atoms. The number of phenolic OH excluding ortho intramolecular Hbond substituents is 1. The largest absolute Gasteiger partial charge is 0.507 e. The normalized spacial score (nSPS) is 10.5. The SMILES string of the molecule is COC(=O)c1cc(=O)nc(NN=Cc2ccccc2O)s1. The first kappa shape index (κ1) is 14.7. The number of methoxy groups -OCH3 is 1. The van der Waals surface area contributed by atoms with E-state index >= 15 is 0 Å². The third-order valence-electron chi connectivity index (χ3n) is 2.36. The molecule has 1 heterocycles. The fourth-order valence-electron chi connectivity index (χ4n) is 1.40. The highest BCUT2D eigenvalue weighted by Gasteiger charge is 2.09. The lowest BCUT2D eigenvalue weighted by atomic mass is 10.2. The van der Waals surface area contributed by atoms with Crippen LogP contribution in [0.4, 0.5) is 5.13 Å². The van der Waals surface area contributed by atoms with Crippen molar-refractivity contribution in [3.63, 3.8) is 0 Å². The number of phenols is 1. The van der Waals surface area contributed by atoms with Gasteiger partial charge in [-0.25, -0.2) is 4.79 Å². The van der Waals surface area contributed by atoms with Gasteiger partial charge in [0.25, 0.3) is 5.56 Å². The van der Waals surface area contributed by atoms with Gasteiger partial charge in [-0.3, -0.25) is 10.2 Å². The molecule has 0 radical (unpaired) electrons. The number of hydrogen-bond acceptors (Lipinski definition) is 8. The zero-order chi connectivity index (χ0) is 15.2. The van der Waals surface area contributed by atoms with Crippen LogP contribution in [-0.4, -0.2) is 29.4 Å². The van der Waals surface area contributed by atoms with Crippen molar-refractivity contribution in [1.82, 2.24) is 4.98 Å².